The van der Waals surface area contributed by atoms with Crippen LogP contribution in [0.3, 0.4) is 0 Å². The van der Waals surface area contributed by atoms with Crippen LogP contribution in [0.25, 0.3) is 0 Å². The highest BCUT2D eigenvalue weighted by atomic mass is 19.1. The number of halogens is 2. The molecule has 0 heterocycles. The lowest BCUT2D eigenvalue weighted by Crippen LogP contribution is -2.38. The van der Waals surface area contributed by atoms with Gasteiger partial charge in [0.05, 0.1) is 12.6 Å². The van der Waals surface area contributed by atoms with E-state index in [1.165, 1.54) is 12.1 Å². The Morgan fingerprint density at radius 1 is 1.16 bits per heavy atom. The van der Waals surface area contributed by atoms with Gasteiger partial charge >= 0.3 is 6.03 Å². The second-order valence-electron chi connectivity index (χ2n) is 5.61. The monoisotopic (exact) mass is 348 g/mol. The van der Waals surface area contributed by atoms with Gasteiger partial charge < -0.3 is 15.4 Å². The van der Waals surface area contributed by atoms with Gasteiger partial charge in [-0.1, -0.05) is 18.2 Å². The van der Waals surface area contributed by atoms with E-state index in [4.69, 9.17) is 4.74 Å². The molecule has 0 aliphatic carbocycles. The van der Waals surface area contributed by atoms with E-state index in [1.54, 1.807) is 0 Å². The van der Waals surface area contributed by atoms with E-state index < -0.39 is 11.6 Å². The van der Waals surface area contributed by atoms with Crippen molar-refractivity contribution < 1.29 is 18.3 Å². The third-order valence-corrected chi connectivity index (χ3v) is 3.73. The van der Waals surface area contributed by atoms with Gasteiger partial charge in [0.2, 0.25) is 0 Å². The van der Waals surface area contributed by atoms with E-state index in [0.717, 1.165) is 17.4 Å². The van der Waals surface area contributed by atoms with Crippen molar-refractivity contribution in [3.63, 3.8) is 0 Å². The summed E-state index contributed by atoms with van der Waals surface area (Å²) in [6.07, 6.45) is 0.289. The summed E-state index contributed by atoms with van der Waals surface area (Å²) in [5.41, 5.74) is 1.31. The predicted molar refractivity (Wildman–Crippen MR) is 92.6 cm³/mol. The lowest BCUT2D eigenvalue weighted by molar-refractivity contribution is 0.238. The predicted octanol–water partition coefficient (Wildman–Crippen LogP) is 3.97. The molecule has 2 aromatic carbocycles. The highest BCUT2D eigenvalue weighted by molar-refractivity contribution is 5.74. The Kier molecular flexibility index (Phi) is 6.74. The van der Waals surface area contributed by atoms with Gasteiger partial charge in [0.1, 0.15) is 17.4 Å². The standard InChI is InChI=1S/C19H22F2N2O2/c1-3-25-17-8-5-14(6-9-17)13(2)23-19(24)22-11-10-15-4-7-16(20)12-18(15)21/h4-9,12-13H,3,10-11H2,1-2H3,(H2,22,23,24). The third kappa shape index (κ3) is 5.74. The summed E-state index contributed by atoms with van der Waals surface area (Å²) in [4.78, 5) is 11.9. The summed E-state index contributed by atoms with van der Waals surface area (Å²) in [6, 6.07) is 10.4. The summed E-state index contributed by atoms with van der Waals surface area (Å²) >= 11 is 0. The average molecular weight is 348 g/mol. The van der Waals surface area contributed by atoms with Gasteiger partial charge in [0, 0.05) is 12.6 Å². The molecule has 0 fully saturated rings. The number of rotatable bonds is 7. The number of carbonyl (C=O) groups is 1. The van der Waals surface area contributed by atoms with Crippen LogP contribution in [0.15, 0.2) is 42.5 Å². The maximum Gasteiger partial charge on any atom is 0.315 e. The summed E-state index contributed by atoms with van der Waals surface area (Å²) in [6.45, 7) is 4.64. The van der Waals surface area contributed by atoms with Crippen molar-refractivity contribution in [2.24, 2.45) is 0 Å². The SMILES string of the molecule is CCOc1ccc(C(C)NC(=O)NCCc2ccc(F)cc2F)cc1. The quantitative estimate of drug-likeness (QED) is 0.795. The van der Waals surface area contributed by atoms with Crippen LogP contribution in [0.5, 0.6) is 5.75 Å². The number of nitrogens with one attached hydrogen (secondary N) is 2. The van der Waals surface area contributed by atoms with Gasteiger partial charge in [-0.15, -0.1) is 0 Å². The van der Waals surface area contributed by atoms with E-state index in [-0.39, 0.29) is 25.0 Å². The van der Waals surface area contributed by atoms with Crippen LogP contribution in [-0.2, 0) is 6.42 Å². The molecule has 1 atom stereocenters. The molecule has 0 saturated heterocycles. The Hall–Kier alpha value is -2.63. The molecule has 0 bridgehead atoms. The number of carbonyl (C=O) groups excluding carboxylic acids is 1. The van der Waals surface area contributed by atoms with Gasteiger partial charge in [0.25, 0.3) is 0 Å². The maximum atomic E-state index is 13.5. The molecular weight excluding hydrogens is 326 g/mol. The minimum atomic E-state index is -0.615. The maximum absolute atomic E-state index is 13.5. The van der Waals surface area contributed by atoms with Crippen LogP contribution in [0.4, 0.5) is 13.6 Å². The molecular formula is C19H22F2N2O2. The first-order valence-corrected chi connectivity index (χ1v) is 8.20. The molecule has 0 aromatic heterocycles. The Labute approximate surface area is 146 Å². The van der Waals surface area contributed by atoms with Crippen LogP contribution in [0, 0.1) is 11.6 Å². The van der Waals surface area contributed by atoms with Crippen molar-refractivity contribution in [1.82, 2.24) is 10.6 Å². The fourth-order valence-electron chi connectivity index (χ4n) is 2.39. The fourth-order valence-corrected chi connectivity index (χ4v) is 2.39. The second-order valence-corrected chi connectivity index (χ2v) is 5.61. The Morgan fingerprint density at radius 2 is 1.88 bits per heavy atom. The molecule has 25 heavy (non-hydrogen) atoms. The number of benzene rings is 2. The molecule has 2 N–H and O–H groups in total. The summed E-state index contributed by atoms with van der Waals surface area (Å²) in [5, 5.41) is 5.48. The Morgan fingerprint density at radius 3 is 2.52 bits per heavy atom. The van der Waals surface area contributed by atoms with Crippen LogP contribution in [-0.4, -0.2) is 19.2 Å². The number of hydrogen-bond donors (Lipinski definition) is 2. The first kappa shape index (κ1) is 18.7. The number of amides is 2. The lowest BCUT2D eigenvalue weighted by Gasteiger charge is -2.15. The van der Waals surface area contributed by atoms with Gasteiger partial charge in [-0.3, -0.25) is 0 Å². The molecule has 2 aromatic rings. The molecule has 134 valence electrons. The largest absolute Gasteiger partial charge is 0.494 e. The molecule has 0 aliphatic rings. The molecule has 2 rings (SSSR count). The first-order chi connectivity index (χ1) is 12.0. The van der Waals surface area contributed by atoms with Crippen molar-refractivity contribution in [2.45, 2.75) is 26.3 Å². The van der Waals surface area contributed by atoms with Gasteiger partial charge in [-0.05, 0) is 49.6 Å². The zero-order valence-electron chi connectivity index (χ0n) is 14.3. The average Bonchev–Trinajstić information content (AvgIpc) is 2.57. The van der Waals surface area contributed by atoms with E-state index in [9.17, 15) is 13.6 Å². The number of ether oxygens (including phenoxy) is 1. The molecule has 6 heteroatoms. The van der Waals surface area contributed by atoms with E-state index >= 15 is 0 Å². The normalized spacial score (nSPS) is 11.7. The molecule has 0 saturated carbocycles. The van der Waals surface area contributed by atoms with Crippen molar-refractivity contribution in [2.75, 3.05) is 13.2 Å². The summed E-state index contributed by atoms with van der Waals surface area (Å²) < 4.78 is 31.7. The van der Waals surface area contributed by atoms with Crippen LogP contribution in [0.1, 0.15) is 31.0 Å². The van der Waals surface area contributed by atoms with E-state index in [0.29, 0.717) is 12.2 Å². The zero-order valence-corrected chi connectivity index (χ0v) is 14.3. The molecule has 0 spiro atoms. The number of urea groups is 1. The molecule has 4 nitrogen and oxygen atoms in total. The molecule has 0 radical (unpaired) electrons. The van der Waals surface area contributed by atoms with Gasteiger partial charge in [-0.25, -0.2) is 13.6 Å². The van der Waals surface area contributed by atoms with E-state index in [1.807, 2.05) is 38.1 Å². The number of hydrogen-bond acceptors (Lipinski definition) is 2. The molecule has 0 aliphatic heterocycles. The van der Waals surface area contributed by atoms with E-state index in [2.05, 4.69) is 10.6 Å². The van der Waals surface area contributed by atoms with Crippen molar-refractivity contribution in [3.8, 4) is 5.75 Å². The summed E-state index contributed by atoms with van der Waals surface area (Å²) in [7, 11) is 0. The first-order valence-electron chi connectivity index (χ1n) is 8.20. The zero-order chi connectivity index (χ0) is 18.2. The highest BCUT2D eigenvalue weighted by Crippen LogP contribution is 2.17. The van der Waals surface area contributed by atoms with Crippen molar-refractivity contribution in [1.29, 1.82) is 0 Å². The van der Waals surface area contributed by atoms with Crippen molar-refractivity contribution >= 4 is 6.03 Å². The summed E-state index contributed by atoms with van der Waals surface area (Å²) in [5.74, 6) is -0.440. The fraction of sp³-hybridized carbons (Fsp3) is 0.316. The third-order valence-electron chi connectivity index (χ3n) is 3.73. The lowest BCUT2D eigenvalue weighted by atomic mass is 10.1. The minimum absolute atomic E-state index is 0.182. The minimum Gasteiger partial charge on any atom is -0.494 e. The Balaban J connectivity index is 1.79. The highest BCUT2D eigenvalue weighted by Gasteiger charge is 2.10. The van der Waals surface area contributed by atoms with Crippen LogP contribution < -0.4 is 15.4 Å². The molecule has 2 amide bonds. The second kappa shape index (κ2) is 9.01. The topological polar surface area (TPSA) is 50.4 Å². The van der Waals surface area contributed by atoms with Gasteiger partial charge in [0.15, 0.2) is 0 Å². The Bertz CT molecular complexity index is 705. The van der Waals surface area contributed by atoms with Crippen LogP contribution in [0.2, 0.25) is 0 Å². The van der Waals surface area contributed by atoms with Gasteiger partial charge in [-0.2, -0.15) is 0 Å². The van der Waals surface area contributed by atoms with Crippen molar-refractivity contribution in [3.05, 3.63) is 65.2 Å². The van der Waals surface area contributed by atoms with Crippen LogP contribution >= 0.6 is 0 Å². The molecule has 1 unspecified atom stereocenters. The smallest absolute Gasteiger partial charge is 0.315 e.